The summed E-state index contributed by atoms with van der Waals surface area (Å²) < 4.78 is 18.0. The molecule has 10 nitrogen and oxygen atoms in total. The number of fused-ring (bicyclic) bond motifs is 4. The van der Waals surface area contributed by atoms with Gasteiger partial charge >= 0.3 is 0 Å². The normalized spacial score (nSPS) is 14.5. The largest absolute Gasteiger partial charge is 0.493 e. The van der Waals surface area contributed by atoms with Gasteiger partial charge in [0.25, 0.3) is 0 Å². The fourth-order valence-corrected chi connectivity index (χ4v) is 6.13. The van der Waals surface area contributed by atoms with Crippen LogP contribution in [0.3, 0.4) is 0 Å². The number of amides is 2. The third-order valence-electron chi connectivity index (χ3n) is 7.21. The summed E-state index contributed by atoms with van der Waals surface area (Å²) in [7, 11) is 4.65. The Morgan fingerprint density at radius 3 is 2.48 bits per heavy atom. The summed E-state index contributed by atoms with van der Waals surface area (Å²) in [5.74, 6) is 0.870. The molecule has 1 aliphatic rings. The van der Waals surface area contributed by atoms with Crippen LogP contribution in [0.5, 0.6) is 17.2 Å². The molecule has 2 atom stereocenters. The van der Waals surface area contributed by atoms with E-state index in [1.54, 1.807) is 27.2 Å². The van der Waals surface area contributed by atoms with E-state index < -0.39 is 12.1 Å². The smallest absolute Gasteiger partial charge is 0.248 e. The van der Waals surface area contributed by atoms with E-state index in [0.29, 0.717) is 46.3 Å². The third kappa shape index (κ3) is 5.60. The predicted molar refractivity (Wildman–Crippen MR) is 164 cm³/mol. The Balaban J connectivity index is 1.55. The van der Waals surface area contributed by atoms with Crippen molar-refractivity contribution in [2.45, 2.75) is 38.8 Å². The molecule has 5 rings (SSSR count). The Bertz CT molecular complexity index is 1700. The molecule has 1 aliphatic carbocycles. The predicted octanol–water partition coefficient (Wildman–Crippen LogP) is 4.91. The van der Waals surface area contributed by atoms with Gasteiger partial charge in [-0.3, -0.25) is 14.4 Å². The first-order valence-electron chi connectivity index (χ1n) is 13.4. The molecule has 0 saturated heterocycles. The van der Waals surface area contributed by atoms with Gasteiger partial charge in [-0.25, -0.2) is 4.98 Å². The number of ether oxygens (including phenoxy) is 3. The highest BCUT2D eigenvalue weighted by Gasteiger charge is 2.29. The lowest BCUT2D eigenvalue weighted by Gasteiger charge is -2.19. The lowest BCUT2D eigenvalue weighted by atomic mass is 9.95. The van der Waals surface area contributed by atoms with Crippen molar-refractivity contribution in [2.75, 3.05) is 32.0 Å². The Morgan fingerprint density at radius 2 is 1.79 bits per heavy atom. The number of para-hydroxylation sites is 1. The van der Waals surface area contributed by atoms with E-state index in [1.165, 1.54) is 31.4 Å². The van der Waals surface area contributed by atoms with Crippen LogP contribution in [0.1, 0.15) is 37.4 Å². The summed E-state index contributed by atoms with van der Waals surface area (Å²) in [4.78, 5) is 43.2. The lowest BCUT2D eigenvalue weighted by molar-refractivity contribution is -0.119. The average Bonchev–Trinajstić information content (AvgIpc) is 3.24. The summed E-state index contributed by atoms with van der Waals surface area (Å²) in [6.07, 6.45) is 1.14. The molecule has 3 N–H and O–H groups in total. The van der Waals surface area contributed by atoms with Crippen molar-refractivity contribution in [3.05, 3.63) is 69.9 Å². The molecule has 1 aromatic heterocycles. The van der Waals surface area contributed by atoms with Crippen LogP contribution in [0, 0.1) is 0 Å². The number of aromatic nitrogens is 1. The van der Waals surface area contributed by atoms with E-state index in [1.807, 2.05) is 36.4 Å². The van der Waals surface area contributed by atoms with Gasteiger partial charge in [0.05, 0.1) is 43.3 Å². The Morgan fingerprint density at radius 1 is 1.02 bits per heavy atom. The molecular formula is C31H32N4O6S. The molecule has 2 amide bonds. The van der Waals surface area contributed by atoms with Crippen molar-refractivity contribution in [1.29, 1.82) is 0 Å². The average molecular weight is 589 g/mol. The first-order chi connectivity index (χ1) is 20.2. The number of rotatable bonds is 8. The first kappa shape index (κ1) is 28.9. The van der Waals surface area contributed by atoms with E-state index in [-0.39, 0.29) is 22.9 Å². The maximum Gasteiger partial charge on any atom is 0.248 e. The molecule has 3 aromatic carbocycles. The Labute approximate surface area is 247 Å². The zero-order valence-electron chi connectivity index (χ0n) is 24.0. The maximum atomic E-state index is 13.6. The van der Waals surface area contributed by atoms with Gasteiger partial charge in [-0.2, -0.15) is 0 Å². The number of aryl methyl sites for hydroxylation is 1. The highest BCUT2D eigenvalue weighted by Crippen LogP contribution is 2.50. The van der Waals surface area contributed by atoms with Gasteiger partial charge in [0, 0.05) is 12.5 Å². The van der Waals surface area contributed by atoms with Gasteiger partial charge in [0.15, 0.2) is 16.6 Å². The molecule has 0 radical (unpaired) electrons. The number of nitrogens with zero attached hydrogens (tertiary/aromatic N) is 1. The zero-order chi connectivity index (χ0) is 30.0. The highest BCUT2D eigenvalue weighted by atomic mass is 32.1. The second kappa shape index (κ2) is 12.1. The summed E-state index contributed by atoms with van der Waals surface area (Å²) in [5, 5.41) is 9.37. The maximum absolute atomic E-state index is 13.6. The summed E-state index contributed by atoms with van der Waals surface area (Å²) in [6.45, 7) is 3.12. The molecule has 0 saturated carbocycles. The van der Waals surface area contributed by atoms with Crippen molar-refractivity contribution in [1.82, 2.24) is 10.3 Å². The first-order valence-corrected chi connectivity index (χ1v) is 14.3. The van der Waals surface area contributed by atoms with Crippen molar-refractivity contribution in [3.63, 3.8) is 0 Å². The second-order valence-corrected chi connectivity index (χ2v) is 11.0. The lowest BCUT2D eigenvalue weighted by Crippen LogP contribution is -2.33. The fraction of sp³-hybridized carbons (Fsp3) is 0.290. The van der Waals surface area contributed by atoms with Gasteiger partial charge in [-0.1, -0.05) is 29.5 Å². The summed E-state index contributed by atoms with van der Waals surface area (Å²) in [6, 6.07) is 13.3. The van der Waals surface area contributed by atoms with E-state index in [4.69, 9.17) is 14.2 Å². The number of hydrogen-bond acceptors (Lipinski definition) is 9. The molecular weight excluding hydrogens is 556 g/mol. The van der Waals surface area contributed by atoms with Crippen molar-refractivity contribution < 1.29 is 23.8 Å². The number of thiazole rings is 1. The molecule has 4 aromatic rings. The minimum absolute atomic E-state index is 0.212. The number of methoxy groups -OCH3 is 3. The van der Waals surface area contributed by atoms with Crippen LogP contribution in [0.2, 0.25) is 0 Å². The summed E-state index contributed by atoms with van der Waals surface area (Å²) >= 11 is 1.38. The van der Waals surface area contributed by atoms with Crippen molar-refractivity contribution in [3.8, 4) is 28.4 Å². The molecule has 0 bridgehead atoms. The minimum atomic E-state index is -0.746. The van der Waals surface area contributed by atoms with E-state index in [2.05, 4.69) is 20.9 Å². The molecule has 0 spiro atoms. The molecule has 0 unspecified atom stereocenters. The second-order valence-electron chi connectivity index (χ2n) is 9.94. The quantitative estimate of drug-likeness (QED) is 0.265. The molecule has 0 aliphatic heterocycles. The number of hydrogen-bond donors (Lipinski definition) is 3. The molecule has 42 heavy (non-hydrogen) atoms. The van der Waals surface area contributed by atoms with Gasteiger partial charge in [-0.15, -0.1) is 0 Å². The van der Waals surface area contributed by atoms with Crippen LogP contribution in [-0.2, 0) is 16.0 Å². The molecule has 0 fully saturated rings. The van der Waals surface area contributed by atoms with Crippen LogP contribution in [0.4, 0.5) is 10.8 Å². The van der Waals surface area contributed by atoms with Crippen LogP contribution in [0.15, 0.2) is 53.3 Å². The number of nitrogens with one attached hydrogen (secondary N) is 3. The standard InChI is InChI=1S/C31H32N4O6S/c1-16(30(38)35-31-34-23-8-6-7-9-26(23)42-31)32-22-13-11-19-20(15-24(22)37)21(33-17(2)36)12-10-18-14-25(39-3)28(40-4)29(41-5)27(18)19/h6-9,11,13-16,21H,10,12H2,1-5H3,(H,32,37)(H,33,36)(H,34,35,38)/t16-,21-/m1/s1. The van der Waals surface area contributed by atoms with E-state index in [9.17, 15) is 14.4 Å². The molecule has 1 heterocycles. The minimum Gasteiger partial charge on any atom is -0.493 e. The van der Waals surface area contributed by atoms with E-state index >= 15 is 0 Å². The monoisotopic (exact) mass is 588 g/mol. The topological polar surface area (TPSA) is 128 Å². The third-order valence-corrected chi connectivity index (χ3v) is 8.16. The fourth-order valence-electron chi connectivity index (χ4n) is 5.27. The molecule has 218 valence electrons. The Kier molecular flexibility index (Phi) is 8.30. The van der Waals surface area contributed by atoms with Crippen LogP contribution in [-0.4, -0.2) is 44.2 Å². The molecule has 11 heteroatoms. The number of carbonyl (C=O) groups is 2. The Hall–Kier alpha value is -4.64. The number of benzene rings is 2. The van der Waals surface area contributed by atoms with Crippen LogP contribution < -0.4 is 35.6 Å². The zero-order valence-corrected chi connectivity index (χ0v) is 24.8. The van der Waals surface area contributed by atoms with Gasteiger partial charge in [0.1, 0.15) is 6.04 Å². The van der Waals surface area contributed by atoms with E-state index in [0.717, 1.165) is 21.3 Å². The van der Waals surface area contributed by atoms with Gasteiger partial charge < -0.3 is 30.2 Å². The SMILES string of the molecule is COc1cc2c(c(OC)c1OC)-c1ccc(N[C@H](C)C(=O)Nc3nc4ccccc4s3)c(=O)cc1[C@H](NC(C)=O)CC2. The van der Waals surface area contributed by atoms with Crippen LogP contribution >= 0.6 is 11.3 Å². The van der Waals surface area contributed by atoms with Gasteiger partial charge in [0.2, 0.25) is 23.0 Å². The number of carbonyl (C=O) groups excluding carboxylic acids is 2. The van der Waals surface area contributed by atoms with Crippen LogP contribution in [0.25, 0.3) is 21.3 Å². The van der Waals surface area contributed by atoms with Gasteiger partial charge in [-0.05, 0) is 66.8 Å². The van der Waals surface area contributed by atoms with Crippen molar-refractivity contribution in [2.24, 2.45) is 0 Å². The number of anilines is 2. The highest BCUT2D eigenvalue weighted by molar-refractivity contribution is 7.22. The summed E-state index contributed by atoms with van der Waals surface area (Å²) in [5.41, 5.74) is 3.73. The van der Waals surface area contributed by atoms with Crippen molar-refractivity contribution >= 4 is 44.2 Å².